The lowest BCUT2D eigenvalue weighted by molar-refractivity contribution is -0.134. The fourth-order valence-electron chi connectivity index (χ4n) is 5.22. The summed E-state index contributed by atoms with van der Waals surface area (Å²) >= 11 is 0. The number of rotatable bonds is 4. The maximum Gasteiger partial charge on any atom is 0.246 e. The van der Waals surface area contributed by atoms with Crippen LogP contribution in [0.1, 0.15) is 25.7 Å². The lowest BCUT2D eigenvalue weighted by Crippen LogP contribution is -2.51. The fraction of sp³-hybridized carbons (Fsp3) is 0.571. The molecule has 1 saturated heterocycles. The Balaban J connectivity index is 1.30. The third-order valence-electron chi connectivity index (χ3n) is 6.86. The lowest BCUT2D eigenvalue weighted by Gasteiger charge is -2.34. The monoisotopic (exact) mass is 429 g/mol. The van der Waals surface area contributed by atoms with Gasteiger partial charge in [0.1, 0.15) is 10.6 Å². The Labute approximate surface area is 176 Å². The first kappa shape index (κ1) is 19.7. The number of pyridine rings is 1. The zero-order chi connectivity index (χ0) is 20.9. The van der Waals surface area contributed by atoms with E-state index in [1.165, 1.54) is 34.7 Å². The van der Waals surface area contributed by atoms with Crippen LogP contribution in [0.5, 0.6) is 0 Å². The van der Waals surface area contributed by atoms with E-state index in [1.54, 1.807) is 37.8 Å². The summed E-state index contributed by atoms with van der Waals surface area (Å²) in [6.07, 6.45) is 9.63. The van der Waals surface area contributed by atoms with Crippen LogP contribution < -0.4 is 0 Å². The Morgan fingerprint density at radius 1 is 1.03 bits per heavy atom. The van der Waals surface area contributed by atoms with Gasteiger partial charge in [0.05, 0.1) is 0 Å². The molecule has 0 aromatic carbocycles. The Morgan fingerprint density at radius 2 is 1.67 bits per heavy atom. The van der Waals surface area contributed by atoms with Gasteiger partial charge in [0, 0.05) is 63.3 Å². The van der Waals surface area contributed by atoms with Crippen LogP contribution in [0.4, 0.5) is 0 Å². The topological polar surface area (TPSA) is 88.4 Å². The molecule has 0 N–H and O–H groups in total. The Bertz CT molecular complexity index is 1030. The van der Waals surface area contributed by atoms with Crippen molar-refractivity contribution in [2.24, 2.45) is 24.8 Å². The molecule has 9 heteroatoms. The van der Waals surface area contributed by atoms with Crippen LogP contribution in [-0.2, 0) is 21.9 Å². The van der Waals surface area contributed by atoms with Crippen molar-refractivity contribution in [3.05, 3.63) is 30.7 Å². The molecule has 2 atom stereocenters. The van der Waals surface area contributed by atoms with E-state index < -0.39 is 10.0 Å². The average molecular weight is 430 g/mol. The van der Waals surface area contributed by atoms with E-state index in [4.69, 9.17) is 0 Å². The minimum absolute atomic E-state index is 0.187. The molecule has 3 aliphatic rings. The van der Waals surface area contributed by atoms with Crippen LogP contribution in [0.25, 0.3) is 11.3 Å². The van der Waals surface area contributed by atoms with Crippen LogP contribution in [0, 0.1) is 17.8 Å². The summed E-state index contributed by atoms with van der Waals surface area (Å²) < 4.78 is 29.8. The first-order valence-electron chi connectivity index (χ1n) is 10.7. The van der Waals surface area contributed by atoms with Gasteiger partial charge in [0.25, 0.3) is 0 Å². The minimum atomic E-state index is -3.70. The summed E-state index contributed by atoms with van der Waals surface area (Å²) in [6, 6.07) is 3.51. The van der Waals surface area contributed by atoms with Crippen LogP contribution >= 0.6 is 0 Å². The smallest absolute Gasteiger partial charge is 0.246 e. The van der Waals surface area contributed by atoms with Crippen molar-refractivity contribution in [1.29, 1.82) is 0 Å². The number of fused-ring (bicyclic) bond motifs is 1. The molecule has 2 aliphatic carbocycles. The van der Waals surface area contributed by atoms with E-state index >= 15 is 0 Å². The number of piperazine rings is 1. The molecule has 3 fully saturated rings. The molecular weight excluding hydrogens is 402 g/mol. The second kappa shape index (κ2) is 7.46. The zero-order valence-electron chi connectivity index (χ0n) is 17.1. The van der Waals surface area contributed by atoms with Gasteiger partial charge in [-0.1, -0.05) is 12.8 Å². The molecule has 2 aromatic rings. The van der Waals surface area contributed by atoms with Crippen molar-refractivity contribution in [2.45, 2.75) is 30.6 Å². The van der Waals surface area contributed by atoms with Crippen molar-refractivity contribution >= 4 is 15.9 Å². The standard InChI is InChI=1S/C21H27N5O3S/c1-24-14-18(20(23-24)15-6-8-22-9-7-15)30(28,29)26-12-10-25(11-13-26)21(27)19-16-4-2-3-5-17(16)19/h6-9,14,16-17,19H,2-5,10-13H2,1H3. The summed E-state index contributed by atoms with van der Waals surface area (Å²) in [7, 11) is -1.99. The van der Waals surface area contributed by atoms with E-state index in [0.717, 1.165) is 0 Å². The molecular formula is C21H27N5O3S. The second-order valence-electron chi connectivity index (χ2n) is 8.62. The van der Waals surface area contributed by atoms with Gasteiger partial charge >= 0.3 is 0 Å². The van der Waals surface area contributed by atoms with Crippen LogP contribution in [0.2, 0.25) is 0 Å². The summed E-state index contributed by atoms with van der Waals surface area (Å²) in [5.74, 6) is 1.58. The van der Waals surface area contributed by atoms with Gasteiger partial charge in [-0.25, -0.2) is 8.42 Å². The van der Waals surface area contributed by atoms with Gasteiger partial charge in [-0.05, 0) is 36.8 Å². The molecule has 1 amide bonds. The predicted octanol–water partition coefficient (Wildman–Crippen LogP) is 1.75. The van der Waals surface area contributed by atoms with E-state index in [9.17, 15) is 13.2 Å². The Kier molecular flexibility index (Phi) is 4.89. The van der Waals surface area contributed by atoms with Crippen LogP contribution in [-0.4, -0.2) is 64.5 Å². The quantitative estimate of drug-likeness (QED) is 0.739. The minimum Gasteiger partial charge on any atom is -0.340 e. The number of hydrogen-bond donors (Lipinski definition) is 0. The fourth-order valence-corrected chi connectivity index (χ4v) is 6.83. The third-order valence-corrected chi connectivity index (χ3v) is 8.76. The van der Waals surface area contributed by atoms with E-state index in [0.29, 0.717) is 49.3 Å². The molecule has 2 saturated carbocycles. The third kappa shape index (κ3) is 3.33. The number of aryl methyl sites for hydroxylation is 1. The normalized spacial score (nSPS) is 27.0. The zero-order valence-corrected chi connectivity index (χ0v) is 18.0. The van der Waals surface area contributed by atoms with Gasteiger partial charge in [-0.3, -0.25) is 14.5 Å². The summed E-state index contributed by atoms with van der Waals surface area (Å²) in [4.78, 5) is 19.0. The van der Waals surface area contributed by atoms with Gasteiger partial charge in [0.15, 0.2) is 0 Å². The highest BCUT2D eigenvalue weighted by atomic mass is 32.2. The molecule has 0 radical (unpaired) electrons. The molecule has 1 aliphatic heterocycles. The SMILES string of the molecule is Cn1cc(S(=O)(=O)N2CCN(C(=O)C3C4CCCCC43)CC2)c(-c2ccncc2)n1. The van der Waals surface area contributed by atoms with Crippen molar-refractivity contribution < 1.29 is 13.2 Å². The molecule has 8 nitrogen and oxygen atoms in total. The average Bonchev–Trinajstić information content (AvgIpc) is 3.37. The van der Waals surface area contributed by atoms with Crippen molar-refractivity contribution in [2.75, 3.05) is 26.2 Å². The molecule has 2 aromatic heterocycles. The number of amides is 1. The van der Waals surface area contributed by atoms with E-state index in [1.807, 2.05) is 4.90 Å². The van der Waals surface area contributed by atoms with Crippen molar-refractivity contribution in [3.63, 3.8) is 0 Å². The Morgan fingerprint density at radius 3 is 2.30 bits per heavy atom. The highest BCUT2D eigenvalue weighted by Crippen LogP contribution is 2.56. The number of sulfonamides is 1. The molecule has 30 heavy (non-hydrogen) atoms. The number of nitrogens with zero attached hydrogens (tertiary/aromatic N) is 5. The van der Waals surface area contributed by atoms with Crippen LogP contribution in [0.3, 0.4) is 0 Å². The number of aromatic nitrogens is 3. The van der Waals surface area contributed by atoms with Crippen molar-refractivity contribution in [3.8, 4) is 11.3 Å². The molecule has 5 rings (SSSR count). The summed E-state index contributed by atoms with van der Waals surface area (Å²) in [5.41, 5.74) is 1.15. The largest absolute Gasteiger partial charge is 0.340 e. The summed E-state index contributed by atoms with van der Waals surface area (Å²) in [5, 5.41) is 4.38. The Hall–Kier alpha value is -2.26. The summed E-state index contributed by atoms with van der Waals surface area (Å²) in [6.45, 7) is 1.55. The van der Waals surface area contributed by atoms with Crippen molar-refractivity contribution in [1.82, 2.24) is 24.0 Å². The van der Waals surface area contributed by atoms with Gasteiger partial charge in [0.2, 0.25) is 15.9 Å². The first-order chi connectivity index (χ1) is 14.5. The van der Waals surface area contributed by atoms with Gasteiger partial charge in [-0.2, -0.15) is 9.40 Å². The van der Waals surface area contributed by atoms with Crippen LogP contribution in [0.15, 0.2) is 35.6 Å². The second-order valence-corrected chi connectivity index (χ2v) is 10.5. The molecule has 2 unspecified atom stereocenters. The maximum absolute atomic E-state index is 13.4. The maximum atomic E-state index is 13.4. The number of carbonyl (C=O) groups excluding carboxylic acids is 1. The van der Waals surface area contributed by atoms with Gasteiger partial charge < -0.3 is 4.90 Å². The number of hydrogen-bond acceptors (Lipinski definition) is 5. The molecule has 0 bridgehead atoms. The number of carbonyl (C=O) groups is 1. The molecule has 3 heterocycles. The highest BCUT2D eigenvalue weighted by Gasteiger charge is 2.56. The van der Waals surface area contributed by atoms with E-state index in [2.05, 4.69) is 10.1 Å². The lowest BCUT2D eigenvalue weighted by atomic mass is 10.0. The first-order valence-corrected chi connectivity index (χ1v) is 12.1. The highest BCUT2D eigenvalue weighted by molar-refractivity contribution is 7.89. The molecule has 160 valence electrons. The van der Waals surface area contributed by atoms with E-state index in [-0.39, 0.29) is 16.7 Å². The molecule has 0 spiro atoms. The predicted molar refractivity (Wildman–Crippen MR) is 111 cm³/mol. The van der Waals surface area contributed by atoms with Gasteiger partial charge in [-0.15, -0.1) is 0 Å².